The zero-order valence-corrected chi connectivity index (χ0v) is 26.5. The zero-order chi connectivity index (χ0) is 32.0. The number of benzene rings is 2. The van der Waals surface area contributed by atoms with Crippen LogP contribution in [-0.2, 0) is 0 Å². The van der Waals surface area contributed by atoms with Gasteiger partial charge in [0.05, 0.1) is 12.2 Å². The third-order valence-corrected chi connectivity index (χ3v) is 11.2. The van der Waals surface area contributed by atoms with Crippen LogP contribution in [0.5, 0.6) is 5.75 Å². The van der Waals surface area contributed by atoms with Gasteiger partial charge in [-0.15, -0.1) is 0 Å². The van der Waals surface area contributed by atoms with E-state index in [0.717, 1.165) is 55.6 Å². The Balaban J connectivity index is 1.08. The second-order valence-electron chi connectivity index (χ2n) is 14.0. The summed E-state index contributed by atoms with van der Waals surface area (Å²) in [6, 6.07) is 7.30. The Kier molecular flexibility index (Phi) is 11.6. The van der Waals surface area contributed by atoms with Gasteiger partial charge in [0.15, 0.2) is 0 Å². The lowest BCUT2D eigenvalue weighted by molar-refractivity contribution is -0.224. The summed E-state index contributed by atoms with van der Waals surface area (Å²) in [6.45, 7) is 2.24. The summed E-state index contributed by atoms with van der Waals surface area (Å²) in [5.41, 5.74) is 1.33. The van der Waals surface area contributed by atoms with Crippen molar-refractivity contribution in [3.05, 3.63) is 70.8 Å². The Hall–Kier alpha value is -2.44. The molecule has 0 amide bonds. The van der Waals surface area contributed by atoms with Gasteiger partial charge in [0.2, 0.25) is 0 Å². The summed E-state index contributed by atoms with van der Waals surface area (Å²) in [5.74, 6) is -1.80. The summed E-state index contributed by atoms with van der Waals surface area (Å²) in [6.07, 6.45) is 12.6. The maximum absolute atomic E-state index is 15.4. The second-order valence-corrected chi connectivity index (χ2v) is 14.0. The van der Waals surface area contributed by atoms with Crippen LogP contribution >= 0.6 is 0 Å². The van der Waals surface area contributed by atoms with Crippen LogP contribution in [-0.4, -0.2) is 6.11 Å². The lowest BCUT2D eigenvalue weighted by Crippen LogP contribution is -2.38. The Bertz CT molecular complexity index is 1240. The van der Waals surface area contributed by atoms with E-state index < -0.39 is 35.0 Å². The number of hydrogen-bond donors (Lipinski definition) is 0. The molecule has 248 valence electrons. The first-order chi connectivity index (χ1) is 21.7. The van der Waals surface area contributed by atoms with Crippen molar-refractivity contribution in [2.75, 3.05) is 0 Å². The second kappa shape index (κ2) is 15.4. The molecule has 3 fully saturated rings. The van der Waals surface area contributed by atoms with Crippen LogP contribution in [0.4, 0.5) is 26.3 Å². The summed E-state index contributed by atoms with van der Waals surface area (Å²) >= 11 is 0. The molecule has 7 heteroatoms. The highest BCUT2D eigenvalue weighted by molar-refractivity contribution is 5.51. The van der Waals surface area contributed by atoms with Gasteiger partial charge in [0, 0.05) is 17.7 Å². The topological polar surface area (TPSA) is 9.23 Å². The first kappa shape index (κ1) is 33.9. The van der Waals surface area contributed by atoms with Crippen LogP contribution in [0.25, 0.3) is 6.08 Å². The van der Waals surface area contributed by atoms with E-state index in [1.54, 1.807) is 6.07 Å². The van der Waals surface area contributed by atoms with Crippen molar-refractivity contribution in [2.45, 2.75) is 128 Å². The number of halogens is 6. The Morgan fingerprint density at radius 2 is 1.33 bits per heavy atom. The maximum Gasteiger partial charge on any atom is 0.400 e. The van der Waals surface area contributed by atoms with Crippen LogP contribution in [0, 0.1) is 41.1 Å². The van der Waals surface area contributed by atoms with Crippen molar-refractivity contribution in [3.8, 4) is 5.75 Å². The van der Waals surface area contributed by atoms with Crippen molar-refractivity contribution < 1.29 is 31.1 Å². The van der Waals surface area contributed by atoms with E-state index in [1.165, 1.54) is 38.5 Å². The van der Waals surface area contributed by atoms with E-state index in [-0.39, 0.29) is 30.9 Å². The fourth-order valence-electron chi connectivity index (χ4n) is 8.51. The standard InChI is InChI=1S/C38H48F6O/c1-2-3-4-5-25-6-8-28(9-7-25)30-16-19-33(35(40)22-30)29-12-10-26(11-13-29)27-14-17-31(18-15-27)38(43,44)45-32-23-36(41)34(20-21-39)37(42)24-32/h16,19-29,31H,2-15,17-18H2,1H3. The Labute approximate surface area is 264 Å². The van der Waals surface area contributed by atoms with Crippen molar-refractivity contribution in [1.29, 1.82) is 0 Å². The molecule has 2 aromatic rings. The van der Waals surface area contributed by atoms with Crippen LogP contribution in [0.15, 0.2) is 36.7 Å². The van der Waals surface area contributed by atoms with Crippen LogP contribution in [0.1, 0.15) is 138 Å². The molecular formula is C38H48F6O. The highest BCUT2D eigenvalue weighted by Crippen LogP contribution is 2.48. The van der Waals surface area contributed by atoms with Crippen molar-refractivity contribution >= 4 is 6.08 Å². The molecule has 3 saturated carbocycles. The van der Waals surface area contributed by atoms with Gasteiger partial charge >= 0.3 is 6.11 Å². The largest absolute Gasteiger partial charge is 0.432 e. The van der Waals surface area contributed by atoms with Crippen LogP contribution in [0.2, 0.25) is 0 Å². The number of rotatable bonds is 11. The summed E-state index contributed by atoms with van der Waals surface area (Å²) < 4.78 is 90.7. The molecule has 0 aromatic heterocycles. The monoisotopic (exact) mass is 634 g/mol. The molecule has 0 N–H and O–H groups in total. The SMILES string of the molecule is CCCCCC1CCC(c2ccc(C3CCC(C4CCC(C(F)(F)Oc5cc(F)c(C=CF)c(F)c5)CC4)CC3)c(F)c2)CC1. The quantitative estimate of drug-likeness (QED) is 0.177. The summed E-state index contributed by atoms with van der Waals surface area (Å²) in [7, 11) is 0. The van der Waals surface area contributed by atoms with E-state index in [2.05, 4.69) is 13.0 Å². The summed E-state index contributed by atoms with van der Waals surface area (Å²) in [4.78, 5) is 0. The van der Waals surface area contributed by atoms with Gasteiger partial charge in [-0.3, -0.25) is 0 Å². The molecule has 3 aliphatic carbocycles. The molecular weight excluding hydrogens is 586 g/mol. The lowest BCUT2D eigenvalue weighted by atomic mass is 9.68. The molecule has 0 spiro atoms. The highest BCUT2D eigenvalue weighted by atomic mass is 19.3. The van der Waals surface area contributed by atoms with Crippen LogP contribution in [0.3, 0.4) is 0 Å². The Morgan fingerprint density at radius 1 is 0.733 bits per heavy atom. The predicted molar refractivity (Wildman–Crippen MR) is 167 cm³/mol. The van der Waals surface area contributed by atoms with Crippen molar-refractivity contribution in [2.24, 2.45) is 23.7 Å². The molecule has 0 aliphatic heterocycles. The normalized spacial score (nSPS) is 28.0. The summed E-state index contributed by atoms with van der Waals surface area (Å²) in [5, 5.41) is 0. The molecule has 0 unspecified atom stereocenters. The Morgan fingerprint density at radius 3 is 1.91 bits per heavy atom. The molecule has 2 aromatic carbocycles. The molecule has 0 bridgehead atoms. The highest BCUT2D eigenvalue weighted by Gasteiger charge is 2.45. The molecule has 5 rings (SSSR count). The molecule has 45 heavy (non-hydrogen) atoms. The average molecular weight is 635 g/mol. The molecule has 3 aliphatic rings. The molecule has 0 saturated heterocycles. The zero-order valence-electron chi connectivity index (χ0n) is 26.5. The molecule has 0 heterocycles. The fraction of sp³-hybridized carbons (Fsp3) is 0.632. The van der Waals surface area contributed by atoms with E-state index in [4.69, 9.17) is 4.74 Å². The average Bonchev–Trinajstić information content (AvgIpc) is 3.03. The van der Waals surface area contributed by atoms with Crippen LogP contribution < -0.4 is 4.74 Å². The smallest absolute Gasteiger partial charge is 0.400 e. The molecule has 1 nitrogen and oxygen atoms in total. The maximum atomic E-state index is 15.4. The van der Waals surface area contributed by atoms with Gasteiger partial charge in [-0.2, -0.15) is 8.78 Å². The van der Waals surface area contributed by atoms with Gasteiger partial charge in [-0.1, -0.05) is 44.7 Å². The first-order valence-electron chi connectivity index (χ1n) is 17.3. The number of hydrogen-bond acceptors (Lipinski definition) is 1. The van der Waals surface area contributed by atoms with E-state index in [1.807, 2.05) is 6.07 Å². The predicted octanol–water partition coefficient (Wildman–Crippen LogP) is 12.7. The number of alkyl halides is 2. The van der Waals surface area contributed by atoms with Crippen molar-refractivity contribution in [1.82, 2.24) is 0 Å². The van der Waals surface area contributed by atoms with E-state index in [0.29, 0.717) is 48.8 Å². The lowest BCUT2D eigenvalue weighted by Gasteiger charge is -2.39. The van der Waals surface area contributed by atoms with Gasteiger partial charge < -0.3 is 4.74 Å². The first-order valence-corrected chi connectivity index (χ1v) is 17.3. The molecule has 0 atom stereocenters. The minimum absolute atomic E-state index is 0.0160. The van der Waals surface area contributed by atoms with Gasteiger partial charge in [-0.25, -0.2) is 17.6 Å². The minimum atomic E-state index is -3.57. The molecule has 0 radical (unpaired) electrons. The van der Waals surface area contributed by atoms with E-state index >= 15 is 4.39 Å². The number of unbranched alkanes of at least 4 members (excludes halogenated alkanes) is 2. The van der Waals surface area contributed by atoms with Crippen molar-refractivity contribution in [3.63, 3.8) is 0 Å². The van der Waals surface area contributed by atoms with Gasteiger partial charge in [-0.05, 0) is 130 Å². The number of ether oxygens (including phenoxy) is 1. The van der Waals surface area contributed by atoms with Gasteiger partial charge in [0.1, 0.15) is 23.2 Å². The third kappa shape index (κ3) is 8.48. The minimum Gasteiger partial charge on any atom is -0.432 e. The van der Waals surface area contributed by atoms with E-state index in [9.17, 15) is 22.0 Å². The fourth-order valence-corrected chi connectivity index (χ4v) is 8.51. The third-order valence-electron chi connectivity index (χ3n) is 11.2. The van der Waals surface area contributed by atoms with Gasteiger partial charge in [0.25, 0.3) is 0 Å².